The Labute approximate surface area is 146 Å². The van der Waals surface area contributed by atoms with Crippen LogP contribution in [0.25, 0.3) is 0 Å². The number of carbonyl (C=O) groups excluding carboxylic acids is 1. The van der Waals surface area contributed by atoms with E-state index in [1.807, 2.05) is 53.9 Å². The average molecular weight is 336 g/mol. The molecule has 0 bridgehead atoms. The van der Waals surface area contributed by atoms with E-state index in [2.05, 4.69) is 22.4 Å². The van der Waals surface area contributed by atoms with Gasteiger partial charge in [-0.2, -0.15) is 0 Å². The zero-order chi connectivity index (χ0) is 16.6. The maximum absolute atomic E-state index is 12.0. The number of thiazole rings is 1. The second kappa shape index (κ2) is 8.41. The highest BCUT2D eigenvalue weighted by Gasteiger charge is 2.06. The van der Waals surface area contributed by atoms with Gasteiger partial charge in [-0.3, -0.25) is 4.79 Å². The number of hydrogen-bond acceptors (Lipinski definition) is 3. The van der Waals surface area contributed by atoms with E-state index in [0.29, 0.717) is 13.0 Å². The fourth-order valence-corrected chi connectivity index (χ4v) is 3.29. The molecule has 0 radical (unpaired) electrons. The zero-order valence-electron chi connectivity index (χ0n) is 13.4. The summed E-state index contributed by atoms with van der Waals surface area (Å²) in [5, 5.41) is 6.05. The predicted molar refractivity (Wildman–Crippen MR) is 98.0 cm³/mol. The Morgan fingerprint density at radius 2 is 1.62 bits per heavy atom. The first-order chi connectivity index (χ1) is 11.8. The summed E-state index contributed by atoms with van der Waals surface area (Å²) in [6.45, 7) is 0.499. The lowest BCUT2D eigenvalue weighted by Gasteiger charge is -2.03. The van der Waals surface area contributed by atoms with E-state index < -0.39 is 0 Å². The van der Waals surface area contributed by atoms with Crippen molar-refractivity contribution in [2.75, 3.05) is 0 Å². The van der Waals surface area contributed by atoms with Crippen LogP contribution in [0, 0.1) is 0 Å². The molecule has 0 unspecified atom stereocenters. The fourth-order valence-electron chi connectivity index (χ4n) is 2.46. The third-order valence-corrected chi connectivity index (χ3v) is 4.65. The fraction of sp³-hybridized carbons (Fsp3) is 0.200. The summed E-state index contributed by atoms with van der Waals surface area (Å²) in [6, 6.07) is 20.4. The van der Waals surface area contributed by atoms with Gasteiger partial charge < -0.3 is 5.32 Å². The van der Waals surface area contributed by atoms with Gasteiger partial charge in [0.25, 0.3) is 0 Å². The van der Waals surface area contributed by atoms with Crippen molar-refractivity contribution in [3.8, 4) is 0 Å². The molecule has 0 saturated heterocycles. The molecule has 3 rings (SSSR count). The summed E-state index contributed by atoms with van der Waals surface area (Å²) in [7, 11) is 0. The summed E-state index contributed by atoms with van der Waals surface area (Å²) in [4.78, 5) is 16.6. The van der Waals surface area contributed by atoms with E-state index in [1.54, 1.807) is 11.3 Å². The molecular formula is C20H20N2OS. The van der Waals surface area contributed by atoms with Crippen molar-refractivity contribution in [3.05, 3.63) is 87.9 Å². The average Bonchev–Trinajstić information content (AvgIpc) is 3.07. The molecule has 1 N–H and O–H groups in total. The third-order valence-electron chi connectivity index (χ3n) is 3.75. The van der Waals surface area contributed by atoms with Gasteiger partial charge in [0, 0.05) is 18.2 Å². The lowest BCUT2D eigenvalue weighted by molar-refractivity contribution is -0.121. The van der Waals surface area contributed by atoms with Gasteiger partial charge in [0.1, 0.15) is 0 Å². The molecule has 4 heteroatoms. The van der Waals surface area contributed by atoms with Gasteiger partial charge in [0.15, 0.2) is 0 Å². The van der Waals surface area contributed by atoms with E-state index in [0.717, 1.165) is 23.5 Å². The van der Waals surface area contributed by atoms with Gasteiger partial charge >= 0.3 is 0 Å². The third kappa shape index (κ3) is 5.03. The molecule has 0 aliphatic carbocycles. The number of benzene rings is 2. The highest BCUT2D eigenvalue weighted by molar-refractivity contribution is 7.09. The molecular weight excluding hydrogens is 316 g/mol. The minimum atomic E-state index is 0.0662. The van der Waals surface area contributed by atoms with Crippen molar-refractivity contribution in [1.82, 2.24) is 10.3 Å². The number of amides is 1. The molecule has 0 spiro atoms. The normalized spacial score (nSPS) is 10.5. The highest BCUT2D eigenvalue weighted by atomic mass is 32.1. The largest absolute Gasteiger partial charge is 0.350 e. The second-order valence-corrected chi connectivity index (χ2v) is 6.60. The van der Waals surface area contributed by atoms with Crippen LogP contribution in [0.3, 0.4) is 0 Å². The van der Waals surface area contributed by atoms with Crippen LogP contribution in [0.15, 0.2) is 66.0 Å². The first-order valence-corrected chi connectivity index (χ1v) is 8.95. The molecule has 0 aliphatic rings. The number of rotatable bonds is 7. The van der Waals surface area contributed by atoms with Crippen LogP contribution in [-0.2, 0) is 24.2 Å². The Balaban J connectivity index is 1.44. The predicted octanol–water partition coefficient (Wildman–Crippen LogP) is 3.98. The van der Waals surface area contributed by atoms with Crippen LogP contribution in [0.2, 0.25) is 0 Å². The molecule has 1 heterocycles. The molecule has 0 fully saturated rings. The minimum Gasteiger partial charge on any atom is -0.350 e. The molecule has 3 aromatic rings. The van der Waals surface area contributed by atoms with E-state index >= 15 is 0 Å². The molecule has 2 aromatic carbocycles. The van der Waals surface area contributed by atoms with Gasteiger partial charge in [0.2, 0.25) is 5.91 Å². The number of aryl methyl sites for hydroxylation is 1. The molecule has 0 aliphatic heterocycles. The van der Waals surface area contributed by atoms with Crippen molar-refractivity contribution in [1.29, 1.82) is 0 Å². The van der Waals surface area contributed by atoms with Crippen molar-refractivity contribution >= 4 is 17.2 Å². The van der Waals surface area contributed by atoms with Crippen molar-refractivity contribution in [2.24, 2.45) is 0 Å². The smallest absolute Gasteiger partial charge is 0.220 e. The van der Waals surface area contributed by atoms with Gasteiger partial charge in [-0.25, -0.2) is 4.98 Å². The SMILES string of the molecule is O=C(CCc1ccccc1)NCc1csc(Cc2ccccc2)n1. The number of nitrogens with one attached hydrogen (secondary N) is 1. The van der Waals surface area contributed by atoms with Gasteiger partial charge in [-0.1, -0.05) is 60.7 Å². The lowest BCUT2D eigenvalue weighted by atomic mass is 10.1. The van der Waals surface area contributed by atoms with Crippen molar-refractivity contribution in [3.63, 3.8) is 0 Å². The van der Waals surface area contributed by atoms with E-state index in [-0.39, 0.29) is 5.91 Å². The van der Waals surface area contributed by atoms with Crippen molar-refractivity contribution in [2.45, 2.75) is 25.8 Å². The minimum absolute atomic E-state index is 0.0662. The van der Waals surface area contributed by atoms with Crippen LogP contribution in [0.5, 0.6) is 0 Å². The molecule has 0 atom stereocenters. The van der Waals surface area contributed by atoms with Crippen LogP contribution in [0.1, 0.15) is 28.2 Å². The van der Waals surface area contributed by atoms with Crippen LogP contribution < -0.4 is 5.32 Å². The quantitative estimate of drug-likeness (QED) is 0.709. The van der Waals surface area contributed by atoms with Crippen LogP contribution in [0.4, 0.5) is 0 Å². The Kier molecular flexibility index (Phi) is 5.75. The standard InChI is InChI=1S/C20H20N2OS/c23-19(12-11-16-7-3-1-4-8-16)21-14-18-15-24-20(22-18)13-17-9-5-2-6-10-17/h1-10,15H,11-14H2,(H,21,23). The Morgan fingerprint density at radius 1 is 0.958 bits per heavy atom. The Bertz CT molecular complexity index is 769. The Morgan fingerprint density at radius 3 is 2.33 bits per heavy atom. The second-order valence-electron chi connectivity index (χ2n) is 5.66. The number of carbonyl (C=O) groups is 1. The summed E-state index contributed by atoms with van der Waals surface area (Å²) in [5.41, 5.74) is 3.37. The van der Waals surface area contributed by atoms with E-state index in [9.17, 15) is 4.79 Å². The van der Waals surface area contributed by atoms with E-state index in [1.165, 1.54) is 11.1 Å². The van der Waals surface area contributed by atoms with Crippen molar-refractivity contribution < 1.29 is 4.79 Å². The molecule has 1 aromatic heterocycles. The molecule has 1 amide bonds. The lowest BCUT2D eigenvalue weighted by Crippen LogP contribution is -2.23. The maximum atomic E-state index is 12.0. The highest BCUT2D eigenvalue weighted by Crippen LogP contribution is 2.14. The van der Waals surface area contributed by atoms with E-state index in [4.69, 9.17) is 0 Å². The number of hydrogen-bond donors (Lipinski definition) is 1. The summed E-state index contributed by atoms with van der Waals surface area (Å²) >= 11 is 1.64. The molecule has 24 heavy (non-hydrogen) atoms. The molecule has 0 saturated carbocycles. The number of nitrogens with zero attached hydrogens (tertiary/aromatic N) is 1. The molecule has 3 nitrogen and oxygen atoms in total. The Hall–Kier alpha value is -2.46. The topological polar surface area (TPSA) is 42.0 Å². The number of aromatic nitrogens is 1. The summed E-state index contributed by atoms with van der Waals surface area (Å²) in [5.74, 6) is 0.0662. The first kappa shape index (κ1) is 16.4. The van der Waals surface area contributed by atoms with Gasteiger partial charge in [-0.15, -0.1) is 11.3 Å². The van der Waals surface area contributed by atoms with Gasteiger partial charge in [-0.05, 0) is 17.5 Å². The first-order valence-electron chi connectivity index (χ1n) is 8.07. The maximum Gasteiger partial charge on any atom is 0.220 e. The summed E-state index contributed by atoms with van der Waals surface area (Å²) in [6.07, 6.45) is 2.11. The van der Waals surface area contributed by atoms with Crippen LogP contribution >= 0.6 is 11.3 Å². The monoisotopic (exact) mass is 336 g/mol. The van der Waals surface area contributed by atoms with Gasteiger partial charge in [0.05, 0.1) is 17.2 Å². The van der Waals surface area contributed by atoms with Crippen LogP contribution in [-0.4, -0.2) is 10.9 Å². The summed E-state index contributed by atoms with van der Waals surface area (Å²) < 4.78 is 0. The zero-order valence-corrected chi connectivity index (χ0v) is 14.3. The molecule has 122 valence electrons.